The van der Waals surface area contributed by atoms with Crippen molar-refractivity contribution in [1.29, 1.82) is 0 Å². The summed E-state index contributed by atoms with van der Waals surface area (Å²) in [4.78, 5) is 11.0. The average Bonchev–Trinajstić information content (AvgIpc) is 1.88. The van der Waals surface area contributed by atoms with Gasteiger partial charge >= 0.3 is 5.97 Å². The van der Waals surface area contributed by atoms with Gasteiger partial charge < -0.3 is 9.84 Å². The summed E-state index contributed by atoms with van der Waals surface area (Å²) in [6.45, 7) is 10.2. The van der Waals surface area contributed by atoms with E-state index in [1.54, 1.807) is 6.92 Å². The number of carbonyl (C=O) groups is 1. The Morgan fingerprint density at radius 2 is 2.18 bits per heavy atom. The van der Waals surface area contributed by atoms with Crippen molar-refractivity contribution in [2.24, 2.45) is 5.41 Å². The van der Waals surface area contributed by atoms with Crippen molar-refractivity contribution < 1.29 is 14.6 Å². The third kappa shape index (κ3) is 2.50. The minimum Gasteiger partial charge on any atom is -0.466 e. The Hall–Kier alpha value is -0.570. The van der Waals surface area contributed by atoms with E-state index in [1.807, 2.05) is 0 Å². The van der Waals surface area contributed by atoms with E-state index in [4.69, 9.17) is 12.0 Å². The monoisotopic (exact) mass is 158 g/mol. The quantitative estimate of drug-likeness (QED) is 0.613. The van der Waals surface area contributed by atoms with Crippen molar-refractivity contribution in [3.05, 3.63) is 6.92 Å². The molecule has 3 nitrogen and oxygen atoms in total. The molecule has 0 heterocycles. The van der Waals surface area contributed by atoms with Crippen LogP contribution in [-0.4, -0.2) is 23.8 Å². The van der Waals surface area contributed by atoms with Gasteiger partial charge in [0, 0.05) is 0 Å². The van der Waals surface area contributed by atoms with Crippen LogP contribution in [0.2, 0.25) is 0 Å². The van der Waals surface area contributed by atoms with E-state index < -0.39 is 17.5 Å². The molecule has 0 aromatic carbocycles. The van der Waals surface area contributed by atoms with E-state index in [-0.39, 0.29) is 0 Å². The van der Waals surface area contributed by atoms with E-state index in [2.05, 4.69) is 4.74 Å². The minimum atomic E-state index is -1.18. The first-order valence-electron chi connectivity index (χ1n) is 3.53. The molecule has 1 atom stereocenters. The Balaban J connectivity index is 4.18. The molecule has 0 saturated carbocycles. The van der Waals surface area contributed by atoms with Crippen molar-refractivity contribution >= 4 is 5.97 Å². The molecule has 1 N–H and O–H groups in total. The zero-order chi connectivity index (χ0) is 9.07. The van der Waals surface area contributed by atoms with Crippen LogP contribution in [-0.2, 0) is 9.53 Å². The number of aliphatic hydroxyl groups is 1. The highest BCUT2D eigenvalue weighted by molar-refractivity contribution is 5.76. The van der Waals surface area contributed by atoms with Crippen LogP contribution in [0.25, 0.3) is 0 Å². The first kappa shape index (κ1) is 10.4. The average molecular weight is 158 g/mol. The Morgan fingerprint density at radius 3 is 2.45 bits per heavy atom. The Bertz CT molecular complexity index is 138. The summed E-state index contributed by atoms with van der Waals surface area (Å²) in [6.07, 6.45) is -1.18. The summed E-state index contributed by atoms with van der Waals surface area (Å²) < 4.78 is 4.69. The van der Waals surface area contributed by atoms with Gasteiger partial charge in [-0.05, 0) is 27.7 Å². The molecule has 0 aliphatic rings. The lowest BCUT2D eigenvalue weighted by Gasteiger charge is -2.24. The molecule has 0 bridgehead atoms. The molecule has 0 amide bonds. The van der Waals surface area contributed by atoms with Gasteiger partial charge in [-0.2, -0.15) is 0 Å². The van der Waals surface area contributed by atoms with Gasteiger partial charge in [-0.25, -0.2) is 0 Å². The Labute approximate surface area is 67.4 Å². The molecular formula is C8H14O3. The smallest absolute Gasteiger partial charge is 0.314 e. The van der Waals surface area contributed by atoms with Gasteiger partial charge in [-0.1, -0.05) is 0 Å². The molecule has 64 valence electrons. The molecular weight excluding hydrogens is 144 g/mol. The van der Waals surface area contributed by atoms with Gasteiger partial charge in [0.1, 0.15) is 0 Å². The molecule has 0 rings (SSSR count). The number of ether oxygens (including phenoxy) is 1. The van der Waals surface area contributed by atoms with Crippen LogP contribution in [0.3, 0.4) is 0 Å². The molecule has 11 heavy (non-hydrogen) atoms. The third-order valence-electron chi connectivity index (χ3n) is 1.54. The molecule has 1 unspecified atom stereocenters. The zero-order valence-corrected chi connectivity index (χ0v) is 7.13. The predicted molar refractivity (Wildman–Crippen MR) is 40.7 cm³/mol. The zero-order valence-electron chi connectivity index (χ0n) is 7.13. The number of hydrogen-bond acceptors (Lipinski definition) is 3. The SMILES string of the molecule is [CH]C(O)C(C)(C)C(=O)OCC. The highest BCUT2D eigenvalue weighted by Crippen LogP contribution is 2.21. The second-order valence-electron chi connectivity index (χ2n) is 2.89. The van der Waals surface area contributed by atoms with Gasteiger partial charge in [-0.3, -0.25) is 4.79 Å². The summed E-state index contributed by atoms with van der Waals surface area (Å²) in [5.74, 6) is -0.477. The molecule has 0 aromatic heterocycles. The van der Waals surface area contributed by atoms with Gasteiger partial charge in [0.05, 0.1) is 18.1 Å². The van der Waals surface area contributed by atoms with E-state index in [1.165, 1.54) is 13.8 Å². The fraction of sp³-hybridized carbons (Fsp3) is 0.750. The molecule has 0 spiro atoms. The van der Waals surface area contributed by atoms with Crippen molar-refractivity contribution in [3.63, 3.8) is 0 Å². The molecule has 0 aliphatic heterocycles. The second kappa shape index (κ2) is 3.72. The van der Waals surface area contributed by atoms with Gasteiger partial charge in [0.25, 0.3) is 0 Å². The maximum atomic E-state index is 11.0. The van der Waals surface area contributed by atoms with Crippen LogP contribution in [0.5, 0.6) is 0 Å². The lowest BCUT2D eigenvalue weighted by Crippen LogP contribution is -2.36. The molecule has 0 fully saturated rings. The number of aliphatic hydroxyl groups excluding tert-OH is 1. The third-order valence-corrected chi connectivity index (χ3v) is 1.54. The number of esters is 1. The Morgan fingerprint density at radius 1 is 1.73 bits per heavy atom. The lowest BCUT2D eigenvalue weighted by molar-refractivity contribution is -0.158. The van der Waals surface area contributed by atoms with Gasteiger partial charge in [0.15, 0.2) is 0 Å². The standard InChI is InChI=1S/C8H14O3/c1-5-11-7(10)8(3,4)6(2)9/h2,6,9H,5H2,1,3-4H3. The van der Waals surface area contributed by atoms with E-state index in [0.717, 1.165) is 0 Å². The highest BCUT2D eigenvalue weighted by Gasteiger charge is 2.34. The molecule has 0 aliphatic carbocycles. The summed E-state index contributed by atoms with van der Waals surface area (Å²) in [7, 11) is 0. The maximum absolute atomic E-state index is 11.0. The number of rotatable bonds is 3. The number of hydrogen-bond donors (Lipinski definition) is 1. The summed E-state index contributed by atoms with van der Waals surface area (Å²) in [5, 5.41) is 8.95. The van der Waals surface area contributed by atoms with Crippen molar-refractivity contribution in [1.82, 2.24) is 0 Å². The fourth-order valence-corrected chi connectivity index (χ4v) is 0.438. The largest absolute Gasteiger partial charge is 0.466 e. The minimum absolute atomic E-state index is 0.301. The van der Waals surface area contributed by atoms with Crippen LogP contribution in [0, 0.1) is 12.3 Å². The topological polar surface area (TPSA) is 46.5 Å². The normalized spacial score (nSPS) is 14.3. The van der Waals surface area contributed by atoms with E-state index in [9.17, 15) is 4.79 Å². The summed E-state index contributed by atoms with van der Waals surface area (Å²) in [6, 6.07) is 0. The van der Waals surface area contributed by atoms with Crippen LogP contribution in [0.4, 0.5) is 0 Å². The van der Waals surface area contributed by atoms with Crippen molar-refractivity contribution in [2.75, 3.05) is 6.61 Å². The number of carbonyl (C=O) groups excluding carboxylic acids is 1. The van der Waals surface area contributed by atoms with E-state index in [0.29, 0.717) is 6.61 Å². The van der Waals surface area contributed by atoms with Gasteiger partial charge in [0.2, 0.25) is 0 Å². The molecule has 2 radical (unpaired) electrons. The molecule has 0 aromatic rings. The van der Waals surface area contributed by atoms with E-state index >= 15 is 0 Å². The van der Waals surface area contributed by atoms with Crippen LogP contribution < -0.4 is 0 Å². The first-order valence-corrected chi connectivity index (χ1v) is 3.53. The van der Waals surface area contributed by atoms with Crippen LogP contribution >= 0.6 is 0 Å². The van der Waals surface area contributed by atoms with Crippen LogP contribution in [0.15, 0.2) is 0 Å². The highest BCUT2D eigenvalue weighted by atomic mass is 16.5. The van der Waals surface area contributed by atoms with Gasteiger partial charge in [-0.15, -0.1) is 0 Å². The lowest BCUT2D eigenvalue weighted by atomic mass is 9.88. The van der Waals surface area contributed by atoms with Crippen molar-refractivity contribution in [2.45, 2.75) is 26.9 Å². The maximum Gasteiger partial charge on any atom is 0.314 e. The first-order chi connectivity index (χ1) is 4.92. The summed E-state index contributed by atoms with van der Waals surface area (Å²) in [5.41, 5.74) is -1.02. The predicted octanol–water partition coefficient (Wildman–Crippen LogP) is 0.648. The summed E-state index contributed by atoms with van der Waals surface area (Å²) >= 11 is 0. The fourth-order valence-electron chi connectivity index (χ4n) is 0.438. The molecule has 0 saturated heterocycles. The second-order valence-corrected chi connectivity index (χ2v) is 2.89. The molecule has 3 heteroatoms. The van der Waals surface area contributed by atoms with Crippen molar-refractivity contribution in [3.8, 4) is 0 Å². The van der Waals surface area contributed by atoms with Crippen LogP contribution in [0.1, 0.15) is 20.8 Å². The Kier molecular flexibility index (Phi) is 3.52.